The van der Waals surface area contributed by atoms with Crippen molar-refractivity contribution < 1.29 is 9.84 Å². The molecular formula is C15H21N3O2. The largest absolute Gasteiger partial charge is 0.396 e. The smallest absolute Gasteiger partial charge is 0.159 e. The molecule has 5 nitrogen and oxygen atoms in total. The van der Waals surface area contributed by atoms with E-state index in [1.807, 2.05) is 12.1 Å². The van der Waals surface area contributed by atoms with E-state index in [0.29, 0.717) is 0 Å². The Kier molecular flexibility index (Phi) is 4.28. The van der Waals surface area contributed by atoms with Crippen LogP contribution in [0.25, 0.3) is 11.2 Å². The first kappa shape index (κ1) is 13.5. The minimum absolute atomic E-state index is 0.186. The van der Waals surface area contributed by atoms with E-state index in [9.17, 15) is 0 Å². The fraction of sp³-hybridized carbons (Fsp3) is 0.600. The topological polar surface area (TPSA) is 60.2 Å². The predicted octanol–water partition coefficient (Wildman–Crippen LogP) is 1.93. The van der Waals surface area contributed by atoms with Gasteiger partial charge in [-0.2, -0.15) is 0 Å². The number of hydrogen-bond donors (Lipinski definition) is 1. The number of imidazole rings is 1. The zero-order valence-corrected chi connectivity index (χ0v) is 11.7. The SMILES string of the molecule is OCCCn1c(CC2CCCCO2)nc2cccnc21. The Labute approximate surface area is 118 Å². The Morgan fingerprint density at radius 1 is 1.40 bits per heavy atom. The molecule has 2 aromatic rings. The number of hydrogen-bond acceptors (Lipinski definition) is 4. The van der Waals surface area contributed by atoms with Gasteiger partial charge in [-0.05, 0) is 37.8 Å². The van der Waals surface area contributed by atoms with Crippen LogP contribution in [0.4, 0.5) is 0 Å². The van der Waals surface area contributed by atoms with Crippen LogP contribution in [0.1, 0.15) is 31.5 Å². The first-order valence-corrected chi connectivity index (χ1v) is 7.41. The fourth-order valence-corrected chi connectivity index (χ4v) is 2.80. The molecule has 20 heavy (non-hydrogen) atoms. The van der Waals surface area contributed by atoms with Crippen LogP contribution in [0.2, 0.25) is 0 Å². The molecule has 3 heterocycles. The first-order valence-electron chi connectivity index (χ1n) is 7.41. The van der Waals surface area contributed by atoms with Crippen LogP contribution >= 0.6 is 0 Å². The number of aliphatic hydroxyl groups excluding tert-OH is 1. The number of pyridine rings is 1. The van der Waals surface area contributed by atoms with Gasteiger partial charge in [-0.3, -0.25) is 0 Å². The first-order chi connectivity index (χ1) is 9.88. The Morgan fingerprint density at radius 3 is 3.15 bits per heavy atom. The van der Waals surface area contributed by atoms with Gasteiger partial charge in [0.1, 0.15) is 11.3 Å². The van der Waals surface area contributed by atoms with Crippen LogP contribution < -0.4 is 0 Å². The monoisotopic (exact) mass is 275 g/mol. The van der Waals surface area contributed by atoms with Gasteiger partial charge in [0.25, 0.3) is 0 Å². The van der Waals surface area contributed by atoms with Crippen molar-refractivity contribution in [1.29, 1.82) is 0 Å². The molecule has 3 rings (SSSR count). The van der Waals surface area contributed by atoms with E-state index in [1.165, 1.54) is 12.8 Å². The fourth-order valence-electron chi connectivity index (χ4n) is 2.80. The van der Waals surface area contributed by atoms with E-state index < -0.39 is 0 Å². The summed E-state index contributed by atoms with van der Waals surface area (Å²) in [6.45, 7) is 1.80. The van der Waals surface area contributed by atoms with Crippen LogP contribution in [-0.2, 0) is 17.7 Å². The molecule has 0 bridgehead atoms. The zero-order valence-electron chi connectivity index (χ0n) is 11.7. The number of fused-ring (bicyclic) bond motifs is 1. The molecule has 1 aliphatic rings. The molecule has 108 valence electrons. The minimum Gasteiger partial charge on any atom is -0.396 e. The van der Waals surface area contributed by atoms with Gasteiger partial charge in [-0.1, -0.05) is 0 Å². The Morgan fingerprint density at radius 2 is 2.35 bits per heavy atom. The molecule has 0 radical (unpaired) electrons. The van der Waals surface area contributed by atoms with Crippen molar-refractivity contribution in [2.75, 3.05) is 13.2 Å². The average molecular weight is 275 g/mol. The van der Waals surface area contributed by atoms with Crippen LogP contribution in [0.5, 0.6) is 0 Å². The summed E-state index contributed by atoms with van der Waals surface area (Å²) in [5.41, 5.74) is 1.84. The normalized spacial score (nSPS) is 19.6. The third-order valence-electron chi connectivity index (χ3n) is 3.81. The molecular weight excluding hydrogens is 254 g/mol. The maximum absolute atomic E-state index is 9.07. The summed E-state index contributed by atoms with van der Waals surface area (Å²) in [6.07, 6.45) is 7.13. The van der Waals surface area contributed by atoms with Crippen molar-refractivity contribution in [3.05, 3.63) is 24.2 Å². The summed E-state index contributed by atoms with van der Waals surface area (Å²) in [7, 11) is 0. The maximum Gasteiger partial charge on any atom is 0.159 e. The van der Waals surface area contributed by atoms with Gasteiger partial charge < -0.3 is 14.4 Å². The summed E-state index contributed by atoms with van der Waals surface area (Å²) in [6, 6.07) is 3.90. The summed E-state index contributed by atoms with van der Waals surface area (Å²) in [5.74, 6) is 1.03. The van der Waals surface area contributed by atoms with E-state index in [4.69, 9.17) is 14.8 Å². The lowest BCUT2D eigenvalue weighted by atomic mass is 10.1. The van der Waals surface area contributed by atoms with E-state index in [2.05, 4.69) is 9.55 Å². The van der Waals surface area contributed by atoms with Crippen molar-refractivity contribution in [1.82, 2.24) is 14.5 Å². The third kappa shape index (κ3) is 2.83. The summed E-state index contributed by atoms with van der Waals surface area (Å²) in [4.78, 5) is 9.12. The number of aromatic nitrogens is 3. The minimum atomic E-state index is 0.186. The Balaban J connectivity index is 1.87. The summed E-state index contributed by atoms with van der Waals surface area (Å²) < 4.78 is 7.94. The van der Waals surface area contributed by atoms with E-state index in [0.717, 1.165) is 49.4 Å². The molecule has 1 N–H and O–H groups in total. The predicted molar refractivity (Wildman–Crippen MR) is 76.5 cm³/mol. The van der Waals surface area contributed by atoms with Crippen LogP contribution in [0.3, 0.4) is 0 Å². The van der Waals surface area contributed by atoms with Crippen LogP contribution in [-0.4, -0.2) is 39.0 Å². The lowest BCUT2D eigenvalue weighted by molar-refractivity contribution is 0.0152. The quantitative estimate of drug-likeness (QED) is 0.905. The second-order valence-corrected chi connectivity index (χ2v) is 5.30. The molecule has 1 saturated heterocycles. The van der Waals surface area contributed by atoms with Gasteiger partial charge in [-0.25, -0.2) is 9.97 Å². The number of ether oxygens (including phenoxy) is 1. The molecule has 0 spiro atoms. The Hall–Kier alpha value is -1.46. The lowest BCUT2D eigenvalue weighted by Gasteiger charge is -2.22. The van der Waals surface area contributed by atoms with E-state index in [1.54, 1.807) is 6.20 Å². The number of nitrogens with zero attached hydrogens (tertiary/aromatic N) is 3. The molecule has 1 atom stereocenters. The van der Waals surface area contributed by atoms with Crippen molar-refractivity contribution in [3.8, 4) is 0 Å². The highest BCUT2D eigenvalue weighted by Crippen LogP contribution is 2.20. The van der Waals surface area contributed by atoms with Crippen molar-refractivity contribution in [2.24, 2.45) is 0 Å². The molecule has 0 aliphatic carbocycles. The summed E-state index contributed by atoms with van der Waals surface area (Å²) in [5, 5.41) is 9.07. The average Bonchev–Trinajstić information content (AvgIpc) is 2.83. The van der Waals surface area contributed by atoms with Crippen molar-refractivity contribution >= 4 is 11.2 Å². The highest BCUT2D eigenvalue weighted by molar-refractivity contribution is 5.71. The van der Waals surface area contributed by atoms with Gasteiger partial charge in [0.05, 0.1) is 6.10 Å². The van der Waals surface area contributed by atoms with Gasteiger partial charge >= 0.3 is 0 Å². The van der Waals surface area contributed by atoms with E-state index in [-0.39, 0.29) is 12.7 Å². The second kappa shape index (κ2) is 6.33. The van der Waals surface area contributed by atoms with Crippen LogP contribution in [0, 0.1) is 0 Å². The number of rotatable bonds is 5. The van der Waals surface area contributed by atoms with Crippen LogP contribution in [0.15, 0.2) is 18.3 Å². The zero-order chi connectivity index (χ0) is 13.8. The molecule has 0 aromatic carbocycles. The summed E-state index contributed by atoms with van der Waals surface area (Å²) >= 11 is 0. The second-order valence-electron chi connectivity index (χ2n) is 5.30. The third-order valence-corrected chi connectivity index (χ3v) is 3.81. The Bertz CT molecular complexity index is 561. The highest BCUT2D eigenvalue weighted by atomic mass is 16.5. The number of aliphatic hydroxyl groups is 1. The molecule has 5 heteroatoms. The number of aryl methyl sites for hydroxylation is 1. The van der Waals surface area contributed by atoms with Gasteiger partial charge in [-0.15, -0.1) is 0 Å². The van der Waals surface area contributed by atoms with Gasteiger partial charge in [0.15, 0.2) is 5.65 Å². The van der Waals surface area contributed by atoms with E-state index >= 15 is 0 Å². The molecule has 2 aromatic heterocycles. The maximum atomic E-state index is 9.07. The van der Waals surface area contributed by atoms with Gasteiger partial charge in [0, 0.05) is 32.4 Å². The molecule has 1 unspecified atom stereocenters. The molecule has 1 fully saturated rings. The van der Waals surface area contributed by atoms with Crippen molar-refractivity contribution in [3.63, 3.8) is 0 Å². The molecule has 0 amide bonds. The molecule has 0 saturated carbocycles. The van der Waals surface area contributed by atoms with Crippen molar-refractivity contribution in [2.45, 2.75) is 44.8 Å². The lowest BCUT2D eigenvalue weighted by Crippen LogP contribution is -2.23. The highest BCUT2D eigenvalue weighted by Gasteiger charge is 2.19. The molecule has 1 aliphatic heterocycles. The van der Waals surface area contributed by atoms with Gasteiger partial charge in [0.2, 0.25) is 0 Å². The standard InChI is InChI=1S/C15H21N3O2/c19-9-4-8-18-14(11-12-5-1-2-10-20-12)17-13-6-3-7-16-15(13)18/h3,6-7,12,19H,1-2,4-5,8-11H2.